The summed E-state index contributed by atoms with van der Waals surface area (Å²) in [5.41, 5.74) is 0. The van der Waals surface area contributed by atoms with Gasteiger partial charge in [0.15, 0.2) is 0 Å². The molecular weight excluding hydrogens is 274 g/mol. The number of rotatable bonds is 6. The van der Waals surface area contributed by atoms with Gasteiger partial charge in [0.25, 0.3) is 0 Å². The van der Waals surface area contributed by atoms with Gasteiger partial charge in [-0.05, 0) is 12.8 Å². The first-order valence-corrected chi connectivity index (χ1v) is 8.08. The van der Waals surface area contributed by atoms with Crippen LogP contribution in [0, 0.1) is 0 Å². The SMILES string of the molecule is OCCN1CCCCCCCCON(CCO)N1CCO. The lowest BCUT2D eigenvalue weighted by atomic mass is 10.1. The number of hydrazine groups is 2. The molecule has 0 amide bonds. The van der Waals surface area contributed by atoms with Crippen molar-refractivity contribution in [2.45, 2.75) is 38.5 Å². The lowest BCUT2D eigenvalue weighted by Gasteiger charge is -2.40. The smallest absolute Gasteiger partial charge is 0.0702 e. The van der Waals surface area contributed by atoms with Crippen LogP contribution in [0.5, 0.6) is 0 Å². The molecule has 0 radical (unpaired) electrons. The molecule has 0 atom stereocenters. The van der Waals surface area contributed by atoms with Crippen molar-refractivity contribution >= 4 is 0 Å². The van der Waals surface area contributed by atoms with Crippen LogP contribution in [0.4, 0.5) is 0 Å². The van der Waals surface area contributed by atoms with Crippen molar-refractivity contribution in [2.24, 2.45) is 0 Å². The molecule has 21 heavy (non-hydrogen) atoms. The molecule has 1 aliphatic rings. The second kappa shape index (κ2) is 12.3. The summed E-state index contributed by atoms with van der Waals surface area (Å²) in [5, 5.41) is 33.2. The second-order valence-electron chi connectivity index (χ2n) is 5.25. The standard InChI is InChI=1S/C14H31N3O4/c18-11-8-15-7-5-3-1-2-4-6-14-21-17(10-13-20)16(15)9-12-19/h18-20H,1-14H2. The zero-order chi connectivity index (χ0) is 15.3. The van der Waals surface area contributed by atoms with Crippen molar-refractivity contribution < 1.29 is 20.2 Å². The summed E-state index contributed by atoms with van der Waals surface area (Å²) in [6.45, 7) is 2.67. The molecule has 0 unspecified atom stereocenters. The summed E-state index contributed by atoms with van der Waals surface area (Å²) in [5.74, 6) is 0. The number of hydrogen-bond acceptors (Lipinski definition) is 7. The van der Waals surface area contributed by atoms with E-state index in [1.165, 1.54) is 19.3 Å². The van der Waals surface area contributed by atoms with Gasteiger partial charge in [-0.3, -0.25) is 4.84 Å². The van der Waals surface area contributed by atoms with E-state index >= 15 is 0 Å². The Morgan fingerprint density at radius 3 is 2.00 bits per heavy atom. The number of β-amino-alcohol motifs (C(OH)–C–C–N with tert-alkyl or cyclic N) is 3. The van der Waals surface area contributed by atoms with Crippen molar-refractivity contribution in [3.05, 3.63) is 0 Å². The molecule has 1 fully saturated rings. The maximum Gasteiger partial charge on any atom is 0.0702 e. The van der Waals surface area contributed by atoms with E-state index in [2.05, 4.69) is 0 Å². The molecule has 0 aromatic rings. The summed E-state index contributed by atoms with van der Waals surface area (Å²) in [6, 6.07) is 0. The molecule has 126 valence electrons. The normalized spacial score (nSPS) is 21.9. The van der Waals surface area contributed by atoms with Gasteiger partial charge in [0.2, 0.25) is 0 Å². The quantitative estimate of drug-likeness (QED) is 0.636. The largest absolute Gasteiger partial charge is 0.395 e. The highest BCUT2D eigenvalue weighted by atomic mass is 16.7. The van der Waals surface area contributed by atoms with E-state index < -0.39 is 0 Å². The Hall–Kier alpha value is -0.280. The molecule has 1 aliphatic heterocycles. The molecule has 0 bridgehead atoms. The van der Waals surface area contributed by atoms with Gasteiger partial charge in [-0.25, -0.2) is 5.01 Å². The average Bonchev–Trinajstić information content (AvgIpc) is 2.48. The van der Waals surface area contributed by atoms with Crippen LogP contribution in [0.1, 0.15) is 38.5 Å². The van der Waals surface area contributed by atoms with E-state index in [1.807, 2.05) is 10.1 Å². The van der Waals surface area contributed by atoms with E-state index in [4.69, 9.17) is 4.84 Å². The molecule has 1 heterocycles. The zero-order valence-electron chi connectivity index (χ0n) is 13.0. The number of aliphatic hydroxyl groups is 3. The summed E-state index contributed by atoms with van der Waals surface area (Å²) in [7, 11) is 0. The predicted molar refractivity (Wildman–Crippen MR) is 79.9 cm³/mol. The molecule has 0 spiro atoms. The lowest BCUT2D eigenvalue weighted by molar-refractivity contribution is -0.355. The van der Waals surface area contributed by atoms with Crippen molar-refractivity contribution in [3.63, 3.8) is 0 Å². The minimum absolute atomic E-state index is 0.00673. The molecule has 7 nitrogen and oxygen atoms in total. The molecular formula is C14H31N3O4. The van der Waals surface area contributed by atoms with Crippen LogP contribution in [-0.4, -0.2) is 83.2 Å². The van der Waals surface area contributed by atoms with Gasteiger partial charge in [-0.15, -0.1) is 10.3 Å². The Morgan fingerprint density at radius 2 is 1.33 bits per heavy atom. The maximum absolute atomic E-state index is 9.30. The number of hydroxylamine groups is 1. The van der Waals surface area contributed by atoms with Crippen LogP contribution in [0.2, 0.25) is 0 Å². The molecule has 7 heteroatoms. The van der Waals surface area contributed by atoms with Gasteiger partial charge in [0.1, 0.15) is 0 Å². The number of hydrogen-bond donors (Lipinski definition) is 3. The third kappa shape index (κ3) is 7.51. The third-order valence-electron chi connectivity index (χ3n) is 3.58. The highest BCUT2D eigenvalue weighted by Crippen LogP contribution is 2.12. The van der Waals surface area contributed by atoms with Crippen LogP contribution in [0.3, 0.4) is 0 Å². The van der Waals surface area contributed by atoms with E-state index in [-0.39, 0.29) is 19.8 Å². The monoisotopic (exact) mass is 305 g/mol. The van der Waals surface area contributed by atoms with Crippen LogP contribution < -0.4 is 0 Å². The fraction of sp³-hybridized carbons (Fsp3) is 1.00. The Labute approximate surface area is 127 Å². The van der Waals surface area contributed by atoms with Crippen LogP contribution in [-0.2, 0) is 4.84 Å². The van der Waals surface area contributed by atoms with E-state index in [1.54, 1.807) is 5.17 Å². The van der Waals surface area contributed by atoms with E-state index in [9.17, 15) is 15.3 Å². The molecule has 0 aromatic heterocycles. The number of aliphatic hydroxyl groups excluding tert-OH is 3. The molecule has 1 rings (SSSR count). The van der Waals surface area contributed by atoms with Gasteiger partial charge in [0, 0.05) is 13.1 Å². The summed E-state index contributed by atoms with van der Waals surface area (Å²) in [4.78, 5) is 5.76. The maximum atomic E-state index is 9.30. The van der Waals surface area contributed by atoms with Crippen LogP contribution in [0.15, 0.2) is 0 Å². The van der Waals surface area contributed by atoms with Crippen molar-refractivity contribution in [3.8, 4) is 0 Å². The van der Waals surface area contributed by atoms with Gasteiger partial charge in [-0.1, -0.05) is 25.7 Å². The van der Waals surface area contributed by atoms with Crippen LogP contribution >= 0.6 is 0 Å². The van der Waals surface area contributed by atoms with E-state index in [0.29, 0.717) is 26.2 Å². The molecule has 0 saturated carbocycles. The summed E-state index contributed by atoms with van der Waals surface area (Å²) >= 11 is 0. The van der Waals surface area contributed by atoms with Gasteiger partial charge >= 0.3 is 0 Å². The summed E-state index contributed by atoms with van der Waals surface area (Å²) < 4.78 is 0. The molecule has 1 saturated heterocycles. The van der Waals surface area contributed by atoms with Gasteiger partial charge in [-0.2, -0.15) is 0 Å². The Morgan fingerprint density at radius 1 is 0.714 bits per heavy atom. The molecule has 0 aromatic carbocycles. The molecule has 0 aliphatic carbocycles. The fourth-order valence-corrected chi connectivity index (χ4v) is 2.55. The topological polar surface area (TPSA) is 79.6 Å². The second-order valence-corrected chi connectivity index (χ2v) is 5.25. The van der Waals surface area contributed by atoms with E-state index in [0.717, 1.165) is 25.8 Å². The molecule has 3 N–H and O–H groups in total. The van der Waals surface area contributed by atoms with Gasteiger partial charge < -0.3 is 15.3 Å². The Balaban J connectivity index is 2.74. The Bertz CT molecular complexity index is 226. The van der Waals surface area contributed by atoms with Gasteiger partial charge in [0.05, 0.1) is 39.5 Å². The lowest BCUT2D eigenvalue weighted by Crippen LogP contribution is -2.56. The predicted octanol–water partition coefficient (Wildman–Crippen LogP) is -0.0149. The fourth-order valence-electron chi connectivity index (χ4n) is 2.55. The van der Waals surface area contributed by atoms with Crippen molar-refractivity contribution in [1.82, 2.24) is 15.3 Å². The minimum Gasteiger partial charge on any atom is -0.395 e. The summed E-state index contributed by atoms with van der Waals surface area (Å²) in [6.07, 6.45) is 6.84. The first-order valence-electron chi connectivity index (χ1n) is 8.08. The first kappa shape index (κ1) is 18.8. The first-order chi connectivity index (χ1) is 10.3. The highest BCUT2D eigenvalue weighted by molar-refractivity contribution is 4.58. The average molecular weight is 305 g/mol. The van der Waals surface area contributed by atoms with Crippen molar-refractivity contribution in [1.29, 1.82) is 0 Å². The van der Waals surface area contributed by atoms with Crippen molar-refractivity contribution in [2.75, 3.05) is 52.6 Å². The zero-order valence-corrected chi connectivity index (χ0v) is 13.0. The highest BCUT2D eigenvalue weighted by Gasteiger charge is 2.22. The number of nitrogens with zero attached hydrogens (tertiary/aromatic N) is 3. The Kier molecular flexibility index (Phi) is 11.0. The third-order valence-corrected chi connectivity index (χ3v) is 3.58. The minimum atomic E-state index is -0.0190. The van der Waals surface area contributed by atoms with Crippen LogP contribution in [0.25, 0.3) is 0 Å².